The molecule has 0 aromatic heterocycles. The number of carbonyl (C=O) groups is 1. The van der Waals surface area contributed by atoms with Gasteiger partial charge in [0.05, 0.1) is 10.0 Å². The monoisotopic (exact) mass is 290 g/mol. The molecule has 0 spiro atoms. The molecule has 1 fully saturated rings. The van der Waals surface area contributed by atoms with Crippen LogP contribution in [0, 0.1) is 0 Å². The normalized spacial score (nSPS) is 22.8. The van der Waals surface area contributed by atoms with Crippen molar-refractivity contribution in [3.8, 4) is 0 Å². The fourth-order valence-electron chi connectivity index (χ4n) is 1.77. The standard InChI is InChI=1S/C11H12Cl2N2O3/c1-11(2)9(16)14(10(17)15(11)18)6-3-4-7(12)8(13)5-6/h3-5,9,16,18H,1-2H3. The van der Waals surface area contributed by atoms with Gasteiger partial charge in [0.1, 0.15) is 5.54 Å². The summed E-state index contributed by atoms with van der Waals surface area (Å²) in [5.74, 6) is 0. The fraction of sp³-hybridized carbons (Fsp3) is 0.364. The maximum atomic E-state index is 11.9. The maximum Gasteiger partial charge on any atom is 0.351 e. The van der Waals surface area contributed by atoms with Crippen LogP contribution in [0.15, 0.2) is 18.2 Å². The molecule has 1 unspecified atom stereocenters. The number of hydrogen-bond acceptors (Lipinski definition) is 3. The van der Waals surface area contributed by atoms with Gasteiger partial charge in [0.2, 0.25) is 0 Å². The first-order valence-electron chi connectivity index (χ1n) is 5.22. The van der Waals surface area contributed by atoms with Crippen molar-refractivity contribution < 1.29 is 15.1 Å². The lowest BCUT2D eigenvalue weighted by atomic mass is 10.0. The summed E-state index contributed by atoms with van der Waals surface area (Å²) in [7, 11) is 0. The number of urea groups is 1. The lowest BCUT2D eigenvalue weighted by molar-refractivity contribution is -0.121. The molecule has 5 nitrogen and oxygen atoms in total. The van der Waals surface area contributed by atoms with Crippen LogP contribution in [-0.4, -0.2) is 33.2 Å². The molecule has 1 saturated heterocycles. The molecule has 0 bridgehead atoms. The Hall–Kier alpha value is -1.01. The highest BCUT2D eigenvalue weighted by Gasteiger charge is 2.51. The Morgan fingerprint density at radius 1 is 1.28 bits per heavy atom. The van der Waals surface area contributed by atoms with Crippen molar-refractivity contribution in [3.63, 3.8) is 0 Å². The molecule has 1 aromatic rings. The molecule has 98 valence electrons. The zero-order valence-electron chi connectivity index (χ0n) is 9.76. The highest BCUT2D eigenvalue weighted by molar-refractivity contribution is 6.42. The Kier molecular flexibility index (Phi) is 3.19. The Morgan fingerprint density at radius 3 is 2.33 bits per heavy atom. The number of benzene rings is 1. The van der Waals surface area contributed by atoms with E-state index in [1.165, 1.54) is 12.1 Å². The number of amides is 2. The average Bonchev–Trinajstić information content (AvgIpc) is 2.45. The quantitative estimate of drug-likeness (QED) is 0.782. The summed E-state index contributed by atoms with van der Waals surface area (Å²) in [5, 5.41) is 20.9. The van der Waals surface area contributed by atoms with Crippen molar-refractivity contribution in [2.75, 3.05) is 4.90 Å². The molecule has 1 heterocycles. The molecular formula is C11H12Cl2N2O3. The van der Waals surface area contributed by atoms with E-state index in [9.17, 15) is 15.1 Å². The van der Waals surface area contributed by atoms with Crippen molar-refractivity contribution in [3.05, 3.63) is 28.2 Å². The van der Waals surface area contributed by atoms with E-state index in [0.717, 1.165) is 4.90 Å². The second-order valence-electron chi connectivity index (χ2n) is 4.59. The van der Waals surface area contributed by atoms with Crippen molar-refractivity contribution in [2.24, 2.45) is 0 Å². The van der Waals surface area contributed by atoms with Gasteiger partial charge in [-0.3, -0.25) is 10.1 Å². The molecule has 2 rings (SSSR count). The van der Waals surface area contributed by atoms with Gasteiger partial charge in [0.25, 0.3) is 0 Å². The summed E-state index contributed by atoms with van der Waals surface area (Å²) < 4.78 is 0. The number of carbonyl (C=O) groups excluding carboxylic acids is 1. The van der Waals surface area contributed by atoms with Gasteiger partial charge in [-0.05, 0) is 32.0 Å². The van der Waals surface area contributed by atoms with E-state index in [-0.39, 0.29) is 5.02 Å². The number of rotatable bonds is 1. The van der Waals surface area contributed by atoms with Gasteiger partial charge in [0, 0.05) is 5.69 Å². The van der Waals surface area contributed by atoms with Crippen LogP contribution in [0.5, 0.6) is 0 Å². The number of aliphatic hydroxyl groups excluding tert-OH is 1. The van der Waals surface area contributed by atoms with Crippen LogP contribution >= 0.6 is 23.2 Å². The van der Waals surface area contributed by atoms with E-state index in [1.807, 2.05) is 0 Å². The third-order valence-corrected chi connectivity index (χ3v) is 3.73. The highest BCUT2D eigenvalue weighted by atomic mass is 35.5. The van der Waals surface area contributed by atoms with E-state index in [2.05, 4.69) is 0 Å². The molecule has 7 heteroatoms. The van der Waals surface area contributed by atoms with Gasteiger partial charge in [-0.15, -0.1) is 0 Å². The first kappa shape index (κ1) is 13.4. The second-order valence-corrected chi connectivity index (χ2v) is 5.40. The van der Waals surface area contributed by atoms with Crippen LogP contribution in [0.25, 0.3) is 0 Å². The van der Waals surface area contributed by atoms with E-state index in [1.54, 1.807) is 19.9 Å². The number of hydrogen-bond donors (Lipinski definition) is 2. The zero-order valence-corrected chi connectivity index (χ0v) is 11.3. The summed E-state index contributed by atoms with van der Waals surface area (Å²) in [6.45, 7) is 3.10. The van der Waals surface area contributed by atoms with E-state index in [0.29, 0.717) is 15.8 Å². The minimum absolute atomic E-state index is 0.267. The molecule has 1 aliphatic rings. The third-order valence-electron chi connectivity index (χ3n) is 2.99. The Labute approximate surface area is 114 Å². The van der Waals surface area contributed by atoms with E-state index < -0.39 is 17.8 Å². The van der Waals surface area contributed by atoms with Gasteiger partial charge < -0.3 is 5.11 Å². The topological polar surface area (TPSA) is 64.0 Å². The molecule has 1 aliphatic heterocycles. The smallest absolute Gasteiger partial charge is 0.351 e. The van der Waals surface area contributed by atoms with Gasteiger partial charge in [-0.1, -0.05) is 23.2 Å². The van der Waals surface area contributed by atoms with Gasteiger partial charge in [-0.2, -0.15) is 5.06 Å². The van der Waals surface area contributed by atoms with Crippen LogP contribution in [0.2, 0.25) is 10.0 Å². The average molecular weight is 291 g/mol. The van der Waals surface area contributed by atoms with Gasteiger partial charge in [-0.25, -0.2) is 4.79 Å². The van der Waals surface area contributed by atoms with E-state index in [4.69, 9.17) is 23.2 Å². The third kappa shape index (κ3) is 1.83. The number of anilines is 1. The largest absolute Gasteiger partial charge is 0.371 e. The first-order chi connectivity index (χ1) is 8.26. The molecule has 18 heavy (non-hydrogen) atoms. The van der Waals surface area contributed by atoms with Crippen molar-refractivity contribution in [1.82, 2.24) is 5.06 Å². The van der Waals surface area contributed by atoms with Crippen molar-refractivity contribution >= 4 is 34.9 Å². The first-order valence-corrected chi connectivity index (χ1v) is 5.98. The fourth-order valence-corrected chi connectivity index (χ4v) is 2.06. The zero-order chi connectivity index (χ0) is 13.7. The minimum atomic E-state index is -1.19. The lowest BCUT2D eigenvalue weighted by Crippen LogP contribution is -2.45. The summed E-state index contributed by atoms with van der Waals surface area (Å²) >= 11 is 11.7. The molecule has 2 amide bonds. The molecule has 0 saturated carbocycles. The second kappa shape index (κ2) is 4.28. The molecule has 0 radical (unpaired) electrons. The van der Waals surface area contributed by atoms with Crippen LogP contribution < -0.4 is 4.90 Å². The highest BCUT2D eigenvalue weighted by Crippen LogP contribution is 2.36. The predicted molar refractivity (Wildman–Crippen MR) is 68.0 cm³/mol. The number of nitrogens with zero attached hydrogens (tertiary/aromatic N) is 2. The lowest BCUT2D eigenvalue weighted by Gasteiger charge is -2.27. The predicted octanol–water partition coefficient (Wildman–Crippen LogP) is 2.72. The Bertz CT molecular complexity index is 507. The van der Waals surface area contributed by atoms with Crippen LogP contribution in [-0.2, 0) is 0 Å². The SMILES string of the molecule is CC1(C)C(O)N(c2ccc(Cl)c(Cl)c2)C(=O)N1O. The summed E-state index contributed by atoms with van der Waals surface area (Å²) in [6, 6.07) is 3.81. The Balaban J connectivity index is 2.45. The van der Waals surface area contributed by atoms with Crippen LogP contribution in [0.4, 0.5) is 10.5 Å². The molecule has 0 aliphatic carbocycles. The molecular weight excluding hydrogens is 279 g/mol. The van der Waals surface area contributed by atoms with E-state index >= 15 is 0 Å². The number of hydroxylamine groups is 2. The summed E-state index contributed by atoms with van der Waals surface area (Å²) in [6.07, 6.45) is -1.19. The minimum Gasteiger partial charge on any atom is -0.371 e. The Morgan fingerprint density at radius 2 is 1.89 bits per heavy atom. The number of halogens is 2. The molecule has 1 atom stereocenters. The van der Waals surface area contributed by atoms with Crippen molar-refractivity contribution in [2.45, 2.75) is 25.6 Å². The van der Waals surface area contributed by atoms with Gasteiger partial charge in [0.15, 0.2) is 6.23 Å². The molecule has 1 aromatic carbocycles. The van der Waals surface area contributed by atoms with Crippen LogP contribution in [0.1, 0.15) is 13.8 Å². The number of aliphatic hydroxyl groups is 1. The summed E-state index contributed by atoms with van der Waals surface area (Å²) in [4.78, 5) is 13.0. The summed E-state index contributed by atoms with van der Waals surface area (Å²) in [5.41, 5.74) is -0.741. The van der Waals surface area contributed by atoms with Crippen LogP contribution in [0.3, 0.4) is 0 Å². The van der Waals surface area contributed by atoms with Gasteiger partial charge >= 0.3 is 6.03 Å². The maximum absolute atomic E-state index is 11.9. The molecule has 2 N–H and O–H groups in total. The van der Waals surface area contributed by atoms with Crippen molar-refractivity contribution in [1.29, 1.82) is 0 Å².